The smallest absolute Gasteiger partial charge is 0.268 e. The molecule has 154 valence electrons. The van der Waals surface area contributed by atoms with Gasteiger partial charge in [0.1, 0.15) is 5.69 Å². The SMILES string of the molecule is Cc1ccc(C(=O)N(N)CCCCCC(=O)Nc2ccccc2N=NN)c(C)c1. The van der Waals surface area contributed by atoms with Crippen LogP contribution >= 0.6 is 0 Å². The molecule has 8 nitrogen and oxygen atoms in total. The van der Waals surface area contributed by atoms with E-state index in [2.05, 4.69) is 15.7 Å². The van der Waals surface area contributed by atoms with Gasteiger partial charge in [0.25, 0.3) is 5.91 Å². The van der Waals surface area contributed by atoms with Gasteiger partial charge >= 0.3 is 0 Å². The molecule has 2 amide bonds. The Kier molecular flexibility index (Phi) is 8.29. The highest BCUT2D eigenvalue weighted by molar-refractivity contribution is 5.95. The third-order valence-corrected chi connectivity index (χ3v) is 4.52. The van der Waals surface area contributed by atoms with Crippen LogP contribution < -0.4 is 17.0 Å². The lowest BCUT2D eigenvalue weighted by Crippen LogP contribution is -2.38. The molecule has 0 bridgehead atoms. The maximum Gasteiger partial charge on any atom is 0.268 e. The summed E-state index contributed by atoms with van der Waals surface area (Å²) in [5, 5.41) is 11.1. The van der Waals surface area contributed by atoms with Crippen molar-refractivity contribution in [1.82, 2.24) is 5.01 Å². The fourth-order valence-electron chi connectivity index (χ4n) is 3.00. The van der Waals surface area contributed by atoms with Crippen molar-refractivity contribution in [2.75, 3.05) is 11.9 Å². The quantitative estimate of drug-likeness (QED) is 0.196. The van der Waals surface area contributed by atoms with Gasteiger partial charge in [0, 0.05) is 18.5 Å². The number of anilines is 1. The van der Waals surface area contributed by atoms with E-state index in [4.69, 9.17) is 11.7 Å². The van der Waals surface area contributed by atoms with Crippen LogP contribution in [0.15, 0.2) is 52.8 Å². The van der Waals surface area contributed by atoms with Crippen LogP contribution in [0, 0.1) is 13.8 Å². The molecule has 0 heterocycles. The minimum Gasteiger partial charge on any atom is -0.324 e. The number of hydrogen-bond donors (Lipinski definition) is 3. The molecule has 0 atom stereocenters. The lowest BCUT2D eigenvalue weighted by molar-refractivity contribution is -0.116. The van der Waals surface area contributed by atoms with Crippen molar-refractivity contribution in [2.45, 2.75) is 39.5 Å². The monoisotopic (exact) mass is 396 g/mol. The molecule has 5 N–H and O–H groups in total. The van der Waals surface area contributed by atoms with Gasteiger partial charge in [-0.15, -0.1) is 5.11 Å². The summed E-state index contributed by atoms with van der Waals surface area (Å²) >= 11 is 0. The van der Waals surface area contributed by atoms with E-state index in [9.17, 15) is 9.59 Å². The Bertz CT molecular complexity index is 881. The number of benzene rings is 2. The minimum atomic E-state index is -0.189. The second-order valence-electron chi connectivity index (χ2n) is 6.91. The predicted molar refractivity (Wildman–Crippen MR) is 113 cm³/mol. The zero-order chi connectivity index (χ0) is 21.2. The standard InChI is InChI=1S/C21H28N6O2/c1-15-11-12-17(16(2)14-15)21(29)27(23)13-7-3-4-10-20(28)24-18-8-5-6-9-19(18)25-26-22/h5-6,8-9,11-12,14H,3-4,7,10,13,23H2,1-2H3,(H2,22,25)(H,24,28). The fraction of sp³-hybridized carbons (Fsp3) is 0.333. The number of amides is 2. The van der Waals surface area contributed by atoms with E-state index < -0.39 is 0 Å². The summed E-state index contributed by atoms with van der Waals surface area (Å²) < 4.78 is 0. The summed E-state index contributed by atoms with van der Waals surface area (Å²) in [6.45, 7) is 4.33. The van der Waals surface area contributed by atoms with Crippen molar-refractivity contribution in [1.29, 1.82) is 0 Å². The number of rotatable bonds is 9. The van der Waals surface area contributed by atoms with Crippen LogP contribution in [0.1, 0.15) is 47.2 Å². The number of aryl methyl sites for hydroxylation is 2. The molecular weight excluding hydrogens is 368 g/mol. The van der Waals surface area contributed by atoms with Gasteiger partial charge in [0.15, 0.2) is 0 Å². The van der Waals surface area contributed by atoms with Crippen LogP contribution in [-0.2, 0) is 4.79 Å². The van der Waals surface area contributed by atoms with E-state index in [-0.39, 0.29) is 11.8 Å². The fourth-order valence-corrected chi connectivity index (χ4v) is 3.00. The zero-order valence-electron chi connectivity index (χ0n) is 16.9. The Morgan fingerprint density at radius 3 is 2.55 bits per heavy atom. The average molecular weight is 396 g/mol. The number of hydrogen-bond acceptors (Lipinski definition) is 5. The first-order valence-electron chi connectivity index (χ1n) is 9.56. The number of carbonyl (C=O) groups is 2. The van der Waals surface area contributed by atoms with Gasteiger partial charge in [-0.25, -0.2) is 5.84 Å². The summed E-state index contributed by atoms with van der Waals surface area (Å²) in [6.07, 6.45) is 2.56. The largest absolute Gasteiger partial charge is 0.324 e. The Morgan fingerprint density at radius 2 is 1.83 bits per heavy atom. The van der Waals surface area contributed by atoms with Crippen LogP contribution in [0.3, 0.4) is 0 Å². The Morgan fingerprint density at radius 1 is 1.07 bits per heavy atom. The van der Waals surface area contributed by atoms with Crippen LogP contribution in [0.5, 0.6) is 0 Å². The number of nitrogens with two attached hydrogens (primary N) is 2. The van der Waals surface area contributed by atoms with Crippen LogP contribution in [0.25, 0.3) is 0 Å². The summed E-state index contributed by atoms with van der Waals surface area (Å²) in [4.78, 5) is 24.6. The number of carbonyl (C=O) groups excluding carboxylic acids is 2. The van der Waals surface area contributed by atoms with Gasteiger partial charge < -0.3 is 11.2 Å². The first-order chi connectivity index (χ1) is 13.9. The molecule has 0 aliphatic rings. The topological polar surface area (TPSA) is 126 Å². The highest BCUT2D eigenvalue weighted by Crippen LogP contribution is 2.24. The maximum atomic E-state index is 12.4. The summed E-state index contributed by atoms with van der Waals surface area (Å²) in [5.74, 6) is 10.7. The third kappa shape index (κ3) is 6.69. The van der Waals surface area contributed by atoms with Crippen LogP contribution in [0.2, 0.25) is 0 Å². The summed E-state index contributed by atoms with van der Waals surface area (Å²) in [6, 6.07) is 12.7. The van der Waals surface area contributed by atoms with E-state index >= 15 is 0 Å². The Hall–Kier alpha value is -3.26. The molecule has 8 heteroatoms. The molecule has 29 heavy (non-hydrogen) atoms. The third-order valence-electron chi connectivity index (χ3n) is 4.52. The Labute approximate surface area is 170 Å². The highest BCUT2D eigenvalue weighted by Gasteiger charge is 2.14. The molecule has 0 fully saturated rings. The highest BCUT2D eigenvalue weighted by atomic mass is 16.2. The van der Waals surface area contributed by atoms with Gasteiger partial charge in [-0.1, -0.05) is 41.5 Å². The molecule has 0 spiro atoms. The maximum absolute atomic E-state index is 12.4. The normalized spacial score (nSPS) is 10.9. The predicted octanol–water partition coefficient (Wildman–Crippen LogP) is 3.78. The molecule has 0 saturated carbocycles. The second-order valence-corrected chi connectivity index (χ2v) is 6.91. The number of unbranched alkanes of at least 4 members (excludes halogenated alkanes) is 2. The zero-order valence-corrected chi connectivity index (χ0v) is 16.9. The van der Waals surface area contributed by atoms with E-state index in [0.29, 0.717) is 36.3 Å². The molecular formula is C21H28N6O2. The number of hydrazine groups is 1. The molecule has 2 rings (SSSR count). The van der Waals surface area contributed by atoms with Crippen molar-refractivity contribution < 1.29 is 9.59 Å². The van der Waals surface area contributed by atoms with E-state index in [0.717, 1.165) is 24.0 Å². The summed E-state index contributed by atoms with van der Waals surface area (Å²) in [7, 11) is 0. The number of para-hydroxylation sites is 1. The second kappa shape index (κ2) is 10.9. The van der Waals surface area contributed by atoms with Crippen molar-refractivity contribution in [3.05, 3.63) is 59.2 Å². The molecule has 0 saturated heterocycles. The van der Waals surface area contributed by atoms with Crippen LogP contribution in [0.4, 0.5) is 11.4 Å². The molecule has 0 unspecified atom stereocenters. The van der Waals surface area contributed by atoms with Crippen molar-refractivity contribution >= 4 is 23.2 Å². The molecule has 2 aromatic rings. The molecule has 0 aliphatic heterocycles. The molecule has 0 radical (unpaired) electrons. The van der Waals surface area contributed by atoms with Gasteiger partial charge in [0.05, 0.1) is 5.69 Å². The molecule has 2 aromatic carbocycles. The minimum absolute atomic E-state index is 0.111. The molecule has 0 aliphatic carbocycles. The van der Waals surface area contributed by atoms with Gasteiger partial charge in [-0.2, -0.15) is 0 Å². The van der Waals surface area contributed by atoms with Gasteiger partial charge in [0.2, 0.25) is 5.91 Å². The lowest BCUT2D eigenvalue weighted by Gasteiger charge is -2.18. The van der Waals surface area contributed by atoms with Crippen molar-refractivity contribution in [2.24, 2.45) is 22.0 Å². The van der Waals surface area contributed by atoms with E-state index in [1.54, 1.807) is 30.3 Å². The number of nitrogens with one attached hydrogen (secondary N) is 1. The van der Waals surface area contributed by atoms with Crippen molar-refractivity contribution in [3.63, 3.8) is 0 Å². The van der Waals surface area contributed by atoms with Crippen LogP contribution in [-0.4, -0.2) is 23.4 Å². The lowest BCUT2D eigenvalue weighted by atomic mass is 10.0. The van der Waals surface area contributed by atoms with Crippen molar-refractivity contribution in [3.8, 4) is 0 Å². The molecule has 0 aromatic heterocycles. The van der Waals surface area contributed by atoms with E-state index in [1.165, 1.54) is 5.01 Å². The number of nitrogens with zero attached hydrogens (tertiary/aromatic N) is 3. The first kappa shape index (κ1) is 22.0. The Balaban J connectivity index is 1.72. The average Bonchev–Trinajstić information content (AvgIpc) is 2.69. The first-order valence-corrected chi connectivity index (χ1v) is 9.56. The van der Waals surface area contributed by atoms with Gasteiger partial charge in [-0.3, -0.25) is 14.6 Å². The van der Waals surface area contributed by atoms with Gasteiger partial charge in [-0.05, 0) is 50.5 Å². The van der Waals surface area contributed by atoms with E-state index in [1.807, 2.05) is 26.0 Å². The summed E-state index contributed by atoms with van der Waals surface area (Å²) in [5.41, 5.74) is 3.71.